The summed E-state index contributed by atoms with van der Waals surface area (Å²) in [6.45, 7) is 9.83. The van der Waals surface area contributed by atoms with Crippen molar-refractivity contribution in [3.8, 4) is 5.69 Å². The molecule has 4 rings (SSSR count). The van der Waals surface area contributed by atoms with E-state index in [9.17, 15) is 4.79 Å². The number of ether oxygens (including phenoxy) is 1. The molecule has 0 fully saturated rings. The Hall–Kier alpha value is -3.52. The Morgan fingerprint density at radius 2 is 1.91 bits per heavy atom. The zero-order valence-corrected chi connectivity index (χ0v) is 18.9. The van der Waals surface area contributed by atoms with E-state index in [1.165, 1.54) is 4.80 Å². The average molecular weight is 433 g/mol. The van der Waals surface area contributed by atoms with Crippen LogP contribution in [0.4, 0.5) is 5.95 Å². The molecule has 0 aliphatic carbocycles. The highest BCUT2D eigenvalue weighted by Crippen LogP contribution is 2.21. The number of carbonyl (C=O) groups excluding carboxylic acids is 1. The third-order valence-electron chi connectivity index (χ3n) is 5.32. The lowest BCUT2D eigenvalue weighted by Gasteiger charge is -2.10. The molecule has 0 radical (unpaired) electrons. The summed E-state index contributed by atoms with van der Waals surface area (Å²) >= 11 is 0. The summed E-state index contributed by atoms with van der Waals surface area (Å²) in [5.74, 6) is 0.160. The monoisotopic (exact) mass is 432 g/mol. The van der Waals surface area contributed by atoms with Gasteiger partial charge in [-0.3, -0.25) is 10.1 Å². The van der Waals surface area contributed by atoms with E-state index in [1.807, 2.05) is 61.7 Å². The maximum atomic E-state index is 13.1. The van der Waals surface area contributed by atoms with Gasteiger partial charge >= 0.3 is 0 Å². The Kier molecular flexibility index (Phi) is 6.32. The van der Waals surface area contributed by atoms with E-state index in [-0.39, 0.29) is 11.6 Å². The van der Waals surface area contributed by atoms with Crippen molar-refractivity contribution in [1.82, 2.24) is 24.5 Å². The van der Waals surface area contributed by atoms with Gasteiger partial charge in [0.1, 0.15) is 0 Å². The van der Waals surface area contributed by atoms with Crippen LogP contribution in [0.3, 0.4) is 0 Å². The predicted octanol–water partition coefficient (Wildman–Crippen LogP) is 4.22. The van der Waals surface area contributed by atoms with Gasteiger partial charge < -0.3 is 9.30 Å². The van der Waals surface area contributed by atoms with Gasteiger partial charge in [0.25, 0.3) is 5.91 Å². The molecule has 0 aliphatic heterocycles. The molecule has 0 saturated carbocycles. The van der Waals surface area contributed by atoms with Crippen LogP contribution in [0.5, 0.6) is 0 Å². The second-order valence-electron chi connectivity index (χ2n) is 7.79. The molecule has 0 atom stereocenters. The first-order valence-electron chi connectivity index (χ1n) is 10.8. The highest BCUT2D eigenvalue weighted by Gasteiger charge is 2.20. The van der Waals surface area contributed by atoms with Gasteiger partial charge in [0.05, 0.1) is 22.4 Å². The summed E-state index contributed by atoms with van der Waals surface area (Å²) in [6, 6.07) is 13.9. The first-order chi connectivity index (χ1) is 15.5. The van der Waals surface area contributed by atoms with Crippen molar-refractivity contribution < 1.29 is 9.53 Å². The Balaban J connectivity index is 1.61. The quantitative estimate of drug-likeness (QED) is 0.421. The molecule has 1 N–H and O–H groups in total. The number of aromatic nitrogens is 5. The summed E-state index contributed by atoms with van der Waals surface area (Å²) in [5.41, 5.74) is 5.68. The van der Waals surface area contributed by atoms with Gasteiger partial charge in [-0.1, -0.05) is 29.8 Å². The van der Waals surface area contributed by atoms with E-state index in [2.05, 4.69) is 26.6 Å². The number of anilines is 1. The molecule has 0 spiro atoms. The van der Waals surface area contributed by atoms with Crippen LogP contribution in [0, 0.1) is 20.8 Å². The second kappa shape index (κ2) is 9.32. The number of para-hydroxylation sites is 2. The predicted molar refractivity (Wildman–Crippen MR) is 124 cm³/mol. The van der Waals surface area contributed by atoms with Gasteiger partial charge in [-0.15, -0.1) is 5.10 Å². The first kappa shape index (κ1) is 21.7. The highest BCUT2D eigenvalue weighted by molar-refractivity contribution is 6.03. The Labute approximate surface area is 187 Å². The summed E-state index contributed by atoms with van der Waals surface area (Å²) in [6.07, 6.45) is 0.818. The number of rotatable bonds is 8. The lowest BCUT2D eigenvalue weighted by atomic mass is 10.1. The summed E-state index contributed by atoms with van der Waals surface area (Å²) in [5, 5.41) is 11.9. The van der Waals surface area contributed by atoms with Gasteiger partial charge in [0.15, 0.2) is 5.69 Å². The van der Waals surface area contributed by atoms with Crippen molar-refractivity contribution in [2.75, 3.05) is 18.5 Å². The molecule has 2 heterocycles. The Bertz CT molecular complexity index is 1260. The van der Waals surface area contributed by atoms with E-state index < -0.39 is 0 Å². The van der Waals surface area contributed by atoms with Crippen molar-refractivity contribution >= 4 is 22.9 Å². The van der Waals surface area contributed by atoms with Gasteiger partial charge in [0.2, 0.25) is 5.95 Å². The van der Waals surface area contributed by atoms with Gasteiger partial charge in [-0.05, 0) is 57.9 Å². The minimum absolute atomic E-state index is 0.276. The fourth-order valence-corrected chi connectivity index (χ4v) is 3.75. The summed E-state index contributed by atoms with van der Waals surface area (Å²) < 4.78 is 7.48. The minimum Gasteiger partial charge on any atom is -0.382 e. The molecule has 0 saturated heterocycles. The molecule has 32 heavy (non-hydrogen) atoms. The molecular weight excluding hydrogens is 404 g/mol. The van der Waals surface area contributed by atoms with Gasteiger partial charge in [-0.2, -0.15) is 9.90 Å². The number of hydrogen-bond acceptors (Lipinski definition) is 5. The Morgan fingerprint density at radius 1 is 1.09 bits per heavy atom. The maximum Gasteiger partial charge on any atom is 0.280 e. The molecule has 2 aromatic heterocycles. The lowest BCUT2D eigenvalue weighted by Crippen LogP contribution is -2.18. The van der Waals surface area contributed by atoms with Crippen LogP contribution < -0.4 is 5.32 Å². The van der Waals surface area contributed by atoms with Crippen LogP contribution in [-0.2, 0) is 11.3 Å². The van der Waals surface area contributed by atoms with Crippen molar-refractivity contribution in [3.63, 3.8) is 0 Å². The molecule has 8 heteroatoms. The van der Waals surface area contributed by atoms with E-state index in [0.29, 0.717) is 31.4 Å². The topological polar surface area (TPSA) is 86.9 Å². The smallest absolute Gasteiger partial charge is 0.280 e. The minimum atomic E-state index is -0.333. The number of carbonyl (C=O) groups is 1. The first-order valence-corrected chi connectivity index (χ1v) is 10.8. The van der Waals surface area contributed by atoms with Crippen LogP contribution in [0.2, 0.25) is 0 Å². The zero-order valence-electron chi connectivity index (χ0n) is 18.9. The van der Waals surface area contributed by atoms with Crippen LogP contribution in [0.1, 0.15) is 40.7 Å². The number of nitrogens with one attached hydrogen (secondary N) is 1. The van der Waals surface area contributed by atoms with Crippen molar-refractivity contribution in [3.05, 3.63) is 65.0 Å². The summed E-state index contributed by atoms with van der Waals surface area (Å²) in [7, 11) is 0. The third-order valence-corrected chi connectivity index (χ3v) is 5.32. The van der Waals surface area contributed by atoms with Crippen molar-refractivity contribution in [2.45, 2.75) is 40.7 Å². The van der Waals surface area contributed by atoms with Crippen molar-refractivity contribution in [1.29, 1.82) is 0 Å². The fourth-order valence-electron chi connectivity index (χ4n) is 3.75. The van der Waals surface area contributed by atoms with Crippen molar-refractivity contribution in [2.24, 2.45) is 0 Å². The zero-order chi connectivity index (χ0) is 22.7. The molecular formula is C24H28N6O2. The van der Waals surface area contributed by atoms with Crippen LogP contribution >= 0.6 is 0 Å². The van der Waals surface area contributed by atoms with Gasteiger partial charge in [0, 0.05) is 19.8 Å². The number of benzene rings is 2. The largest absolute Gasteiger partial charge is 0.382 e. The fraction of sp³-hybridized carbons (Fsp3) is 0.333. The molecule has 166 valence electrons. The number of imidazole rings is 1. The van der Waals surface area contributed by atoms with E-state index in [1.54, 1.807) is 6.92 Å². The number of hydrogen-bond donors (Lipinski definition) is 1. The van der Waals surface area contributed by atoms with E-state index in [4.69, 9.17) is 4.74 Å². The van der Waals surface area contributed by atoms with Gasteiger partial charge in [-0.25, -0.2) is 4.98 Å². The lowest BCUT2D eigenvalue weighted by molar-refractivity contribution is 0.102. The normalized spacial score (nSPS) is 11.2. The average Bonchev–Trinajstić information content (AvgIpc) is 3.31. The third kappa shape index (κ3) is 4.40. The standard InChI is InChI=1S/C24H28N6O2/c1-5-32-14-8-13-29-21-10-7-6-9-19(21)25-24(29)26-23(31)22-18(4)27-30(28-22)20-12-11-16(2)15-17(20)3/h6-7,9-12,15H,5,8,13-14H2,1-4H3,(H,25,26,31). The number of aryl methyl sites for hydroxylation is 4. The molecule has 1 amide bonds. The van der Waals surface area contributed by atoms with Crippen LogP contribution in [0.25, 0.3) is 16.7 Å². The van der Waals surface area contributed by atoms with Crippen LogP contribution in [-0.4, -0.2) is 43.7 Å². The highest BCUT2D eigenvalue weighted by atomic mass is 16.5. The Morgan fingerprint density at radius 3 is 2.69 bits per heavy atom. The molecule has 0 unspecified atom stereocenters. The number of fused-ring (bicyclic) bond motifs is 1. The number of amides is 1. The SMILES string of the molecule is CCOCCCn1c(NC(=O)c2nn(-c3ccc(C)cc3C)nc2C)nc2ccccc21. The molecule has 0 aliphatic rings. The second-order valence-corrected chi connectivity index (χ2v) is 7.79. The molecule has 8 nitrogen and oxygen atoms in total. The van der Waals surface area contributed by atoms with E-state index in [0.717, 1.165) is 34.3 Å². The van der Waals surface area contributed by atoms with Crippen LogP contribution in [0.15, 0.2) is 42.5 Å². The molecule has 0 bridgehead atoms. The molecule has 2 aromatic carbocycles. The summed E-state index contributed by atoms with van der Waals surface area (Å²) in [4.78, 5) is 19.3. The molecule has 4 aromatic rings. The maximum absolute atomic E-state index is 13.1. The number of nitrogens with zero attached hydrogens (tertiary/aromatic N) is 5. The van der Waals surface area contributed by atoms with E-state index >= 15 is 0 Å².